The smallest absolute Gasteiger partial charge is 0.203 e. The van der Waals surface area contributed by atoms with Gasteiger partial charge in [0.1, 0.15) is 0 Å². The summed E-state index contributed by atoms with van der Waals surface area (Å²) in [6.07, 6.45) is 6.25. The maximum atomic E-state index is 9.37. The van der Waals surface area contributed by atoms with Crippen molar-refractivity contribution in [1.82, 2.24) is 15.1 Å². The van der Waals surface area contributed by atoms with E-state index in [4.69, 9.17) is 14.2 Å². The molecule has 1 atom stereocenters. The van der Waals surface area contributed by atoms with E-state index in [1.165, 1.54) is 12.8 Å². The van der Waals surface area contributed by atoms with Crippen LogP contribution in [-0.4, -0.2) is 60.7 Å². The molecule has 1 aromatic heterocycles. The summed E-state index contributed by atoms with van der Waals surface area (Å²) >= 11 is 0. The van der Waals surface area contributed by atoms with Gasteiger partial charge in [-0.3, -0.25) is 10.00 Å². The van der Waals surface area contributed by atoms with Crippen LogP contribution in [0.5, 0.6) is 17.2 Å². The fourth-order valence-electron chi connectivity index (χ4n) is 3.87. The first kappa shape index (κ1) is 19.5. The lowest BCUT2D eigenvalue weighted by Crippen LogP contribution is -2.39. The molecule has 2 N–H and O–H groups in total. The Hall–Kier alpha value is -2.25. The zero-order valence-electron chi connectivity index (χ0n) is 16.3. The second-order valence-corrected chi connectivity index (χ2v) is 6.82. The van der Waals surface area contributed by atoms with Crippen molar-refractivity contribution in [3.05, 3.63) is 23.9 Å². The number of piperidine rings is 1. The van der Waals surface area contributed by atoms with Gasteiger partial charge in [-0.15, -0.1) is 0 Å². The number of aliphatic hydroxyl groups is 1. The van der Waals surface area contributed by atoms with Crippen LogP contribution in [0.4, 0.5) is 0 Å². The number of likely N-dealkylation sites (tertiary alicyclic amines) is 1. The number of hydrogen-bond donors (Lipinski definition) is 2. The lowest BCUT2D eigenvalue weighted by atomic mass is 9.98. The highest BCUT2D eigenvalue weighted by Gasteiger charge is 2.24. The van der Waals surface area contributed by atoms with Crippen LogP contribution in [0.1, 0.15) is 31.2 Å². The van der Waals surface area contributed by atoms with Gasteiger partial charge in [0, 0.05) is 30.3 Å². The van der Waals surface area contributed by atoms with E-state index in [1.807, 2.05) is 18.3 Å². The van der Waals surface area contributed by atoms with Crippen molar-refractivity contribution in [2.24, 2.45) is 0 Å². The molecule has 0 amide bonds. The van der Waals surface area contributed by atoms with Gasteiger partial charge in [0.05, 0.1) is 33.2 Å². The van der Waals surface area contributed by atoms with Crippen LogP contribution < -0.4 is 14.2 Å². The number of nitrogens with zero attached hydrogens (tertiary/aromatic N) is 2. The number of hydrogen-bond acceptors (Lipinski definition) is 6. The summed E-state index contributed by atoms with van der Waals surface area (Å²) < 4.78 is 16.4. The second kappa shape index (κ2) is 9.10. The van der Waals surface area contributed by atoms with Crippen LogP contribution in [0.25, 0.3) is 11.3 Å². The highest BCUT2D eigenvalue weighted by atomic mass is 16.5. The third-order valence-electron chi connectivity index (χ3n) is 5.26. The van der Waals surface area contributed by atoms with Crippen molar-refractivity contribution >= 4 is 0 Å². The van der Waals surface area contributed by atoms with E-state index in [0.717, 1.165) is 42.8 Å². The van der Waals surface area contributed by atoms with Gasteiger partial charge in [0.25, 0.3) is 0 Å². The standard InChI is InChI=1S/C20H29N3O4/c1-25-17-10-14(11-18(26-2)20(17)27-3)19-15(12-21-22-19)13-23-8-5-4-6-16(23)7-9-24/h10-12,16,24H,4-9,13H2,1-3H3,(H,21,22)/t16-/m0/s1. The molecule has 1 fully saturated rings. The fraction of sp³-hybridized carbons (Fsp3) is 0.550. The summed E-state index contributed by atoms with van der Waals surface area (Å²) in [6, 6.07) is 4.28. The molecule has 0 radical (unpaired) electrons. The normalized spacial score (nSPS) is 17.7. The molecule has 27 heavy (non-hydrogen) atoms. The molecule has 1 aliphatic heterocycles. The van der Waals surface area contributed by atoms with E-state index < -0.39 is 0 Å². The van der Waals surface area contributed by atoms with Crippen LogP contribution in [-0.2, 0) is 6.54 Å². The summed E-state index contributed by atoms with van der Waals surface area (Å²) in [4.78, 5) is 2.45. The molecule has 0 aliphatic carbocycles. The lowest BCUT2D eigenvalue weighted by molar-refractivity contribution is 0.112. The topological polar surface area (TPSA) is 79.8 Å². The van der Waals surface area contributed by atoms with Gasteiger partial charge in [0.2, 0.25) is 5.75 Å². The average Bonchev–Trinajstić information content (AvgIpc) is 3.16. The minimum atomic E-state index is 0.228. The van der Waals surface area contributed by atoms with Crippen molar-refractivity contribution in [3.63, 3.8) is 0 Å². The van der Waals surface area contributed by atoms with E-state index in [9.17, 15) is 5.11 Å². The Morgan fingerprint density at radius 1 is 1.15 bits per heavy atom. The molecule has 0 bridgehead atoms. The van der Waals surface area contributed by atoms with Gasteiger partial charge in [-0.25, -0.2) is 0 Å². The zero-order valence-corrected chi connectivity index (χ0v) is 16.3. The van der Waals surface area contributed by atoms with Gasteiger partial charge in [-0.2, -0.15) is 5.10 Å². The number of aromatic nitrogens is 2. The molecule has 3 rings (SSSR count). The average molecular weight is 375 g/mol. The predicted molar refractivity (Wildman–Crippen MR) is 103 cm³/mol. The third-order valence-corrected chi connectivity index (χ3v) is 5.26. The Kier molecular flexibility index (Phi) is 6.58. The Morgan fingerprint density at radius 3 is 2.52 bits per heavy atom. The number of H-pyrrole nitrogens is 1. The molecule has 0 unspecified atom stereocenters. The molecule has 7 nitrogen and oxygen atoms in total. The molecular weight excluding hydrogens is 346 g/mol. The van der Waals surface area contributed by atoms with E-state index in [2.05, 4.69) is 15.1 Å². The van der Waals surface area contributed by atoms with Crippen LogP contribution in [0.2, 0.25) is 0 Å². The number of aromatic amines is 1. The van der Waals surface area contributed by atoms with E-state index >= 15 is 0 Å². The molecule has 7 heteroatoms. The Bertz CT molecular complexity index is 720. The lowest BCUT2D eigenvalue weighted by Gasteiger charge is -2.35. The number of nitrogens with one attached hydrogen (secondary N) is 1. The van der Waals surface area contributed by atoms with Crippen molar-refractivity contribution in [2.45, 2.75) is 38.3 Å². The summed E-state index contributed by atoms with van der Waals surface area (Å²) in [5.41, 5.74) is 3.00. The van der Waals surface area contributed by atoms with Crippen LogP contribution in [0.15, 0.2) is 18.3 Å². The zero-order chi connectivity index (χ0) is 19.2. The van der Waals surface area contributed by atoms with Gasteiger partial charge in [-0.1, -0.05) is 6.42 Å². The molecular formula is C20H29N3O4. The van der Waals surface area contributed by atoms with E-state index in [1.54, 1.807) is 21.3 Å². The number of rotatable bonds is 8. The second-order valence-electron chi connectivity index (χ2n) is 6.82. The first-order chi connectivity index (χ1) is 13.2. The highest BCUT2D eigenvalue weighted by Crippen LogP contribution is 2.41. The van der Waals surface area contributed by atoms with Crippen molar-refractivity contribution in [1.29, 1.82) is 0 Å². The molecule has 0 saturated carbocycles. The Morgan fingerprint density at radius 2 is 1.89 bits per heavy atom. The summed E-state index contributed by atoms with van der Waals surface area (Å²) in [5, 5.41) is 16.8. The molecule has 2 heterocycles. The highest BCUT2D eigenvalue weighted by molar-refractivity contribution is 5.70. The van der Waals surface area contributed by atoms with E-state index in [0.29, 0.717) is 23.3 Å². The first-order valence-electron chi connectivity index (χ1n) is 9.39. The quantitative estimate of drug-likeness (QED) is 0.739. The van der Waals surface area contributed by atoms with Crippen molar-refractivity contribution in [2.75, 3.05) is 34.5 Å². The maximum absolute atomic E-state index is 9.37. The number of aliphatic hydroxyl groups excluding tert-OH is 1. The van der Waals surface area contributed by atoms with Gasteiger partial charge in [-0.05, 0) is 37.9 Å². The molecule has 0 spiro atoms. The fourth-order valence-corrected chi connectivity index (χ4v) is 3.87. The van der Waals surface area contributed by atoms with Gasteiger partial charge >= 0.3 is 0 Å². The summed E-state index contributed by atoms with van der Waals surface area (Å²) in [6.45, 7) is 2.07. The number of methoxy groups -OCH3 is 3. The van der Waals surface area contributed by atoms with E-state index in [-0.39, 0.29) is 6.61 Å². The Labute approximate surface area is 160 Å². The van der Waals surface area contributed by atoms with Crippen LogP contribution >= 0.6 is 0 Å². The minimum Gasteiger partial charge on any atom is -0.493 e. The summed E-state index contributed by atoms with van der Waals surface area (Å²) in [5.74, 6) is 1.80. The molecule has 1 aliphatic rings. The predicted octanol–water partition coefficient (Wildman–Crippen LogP) is 2.84. The minimum absolute atomic E-state index is 0.228. The molecule has 2 aromatic rings. The molecule has 1 saturated heterocycles. The molecule has 148 valence electrons. The first-order valence-corrected chi connectivity index (χ1v) is 9.39. The monoisotopic (exact) mass is 375 g/mol. The summed E-state index contributed by atoms with van der Waals surface area (Å²) in [7, 11) is 4.82. The Balaban J connectivity index is 1.90. The van der Waals surface area contributed by atoms with Gasteiger partial charge < -0.3 is 19.3 Å². The number of benzene rings is 1. The van der Waals surface area contributed by atoms with Crippen molar-refractivity contribution in [3.8, 4) is 28.5 Å². The van der Waals surface area contributed by atoms with Crippen LogP contribution in [0.3, 0.4) is 0 Å². The van der Waals surface area contributed by atoms with Crippen molar-refractivity contribution < 1.29 is 19.3 Å². The maximum Gasteiger partial charge on any atom is 0.203 e. The van der Waals surface area contributed by atoms with Crippen LogP contribution in [0, 0.1) is 0 Å². The molecule has 1 aromatic carbocycles. The van der Waals surface area contributed by atoms with Gasteiger partial charge in [0.15, 0.2) is 11.5 Å². The number of ether oxygens (including phenoxy) is 3. The third kappa shape index (κ3) is 4.20. The SMILES string of the molecule is COc1cc(-c2[nH]ncc2CN2CCCC[C@H]2CCO)cc(OC)c1OC. The largest absolute Gasteiger partial charge is 0.493 e.